The number of nitrogens with one attached hydrogen (secondary N) is 1. The standard InChI is InChI=1S/C23H27N7O4/c1-2-3-12-29(23(34)30(14-20(24)31)15-21(32)33)13-16-8-10-17(11-9-16)18-6-4-5-7-19(18)22-25-27-28-26-22/h4-11H,2-3,12-15H2,1H3,(H2,24,31)(H,32,33)(H,25,26,27,28). The summed E-state index contributed by atoms with van der Waals surface area (Å²) in [6.45, 7) is 1.62. The Kier molecular flexibility index (Phi) is 8.27. The Morgan fingerprint density at radius 1 is 1.00 bits per heavy atom. The third-order valence-corrected chi connectivity index (χ3v) is 5.15. The number of tetrazole rings is 1. The van der Waals surface area contributed by atoms with E-state index in [1.807, 2.05) is 55.5 Å². The molecule has 4 N–H and O–H groups in total. The zero-order chi connectivity index (χ0) is 24.5. The number of carbonyl (C=O) groups excluding carboxylic acids is 2. The molecular weight excluding hydrogens is 438 g/mol. The number of aromatic nitrogens is 4. The van der Waals surface area contributed by atoms with E-state index >= 15 is 0 Å². The fourth-order valence-electron chi connectivity index (χ4n) is 3.55. The summed E-state index contributed by atoms with van der Waals surface area (Å²) in [5, 5.41) is 23.4. The van der Waals surface area contributed by atoms with Crippen LogP contribution in [0.1, 0.15) is 25.3 Å². The van der Waals surface area contributed by atoms with Crippen molar-refractivity contribution in [1.29, 1.82) is 0 Å². The van der Waals surface area contributed by atoms with E-state index in [0.717, 1.165) is 40.0 Å². The first-order valence-corrected chi connectivity index (χ1v) is 10.8. The number of benzene rings is 2. The molecule has 0 atom stereocenters. The first-order chi connectivity index (χ1) is 16.4. The molecule has 0 fully saturated rings. The van der Waals surface area contributed by atoms with Gasteiger partial charge in [0, 0.05) is 18.7 Å². The van der Waals surface area contributed by atoms with Crippen molar-refractivity contribution < 1.29 is 19.5 Å². The molecule has 0 radical (unpaired) electrons. The van der Waals surface area contributed by atoms with Crippen molar-refractivity contribution >= 4 is 17.9 Å². The van der Waals surface area contributed by atoms with Crippen LogP contribution in [-0.2, 0) is 16.1 Å². The molecule has 3 aromatic rings. The van der Waals surface area contributed by atoms with Gasteiger partial charge in [-0.2, -0.15) is 5.21 Å². The SMILES string of the molecule is CCCCN(Cc1ccc(-c2ccccc2-c2nn[nH]n2)cc1)C(=O)N(CC(N)=O)CC(=O)O. The number of rotatable bonds is 11. The van der Waals surface area contributed by atoms with Gasteiger partial charge in [-0.3, -0.25) is 9.59 Å². The number of nitrogens with zero attached hydrogens (tertiary/aromatic N) is 5. The Bertz CT molecular complexity index is 1100. The van der Waals surface area contributed by atoms with Crippen molar-refractivity contribution in [3.8, 4) is 22.5 Å². The second-order valence-electron chi connectivity index (χ2n) is 7.75. The summed E-state index contributed by atoms with van der Waals surface area (Å²) in [5.41, 5.74) is 8.79. The van der Waals surface area contributed by atoms with Crippen molar-refractivity contribution in [1.82, 2.24) is 30.4 Å². The quantitative estimate of drug-likeness (QED) is 0.391. The van der Waals surface area contributed by atoms with E-state index in [1.54, 1.807) is 0 Å². The lowest BCUT2D eigenvalue weighted by Crippen LogP contribution is -2.48. The van der Waals surface area contributed by atoms with Crippen LogP contribution in [0, 0.1) is 0 Å². The number of hydrogen-bond acceptors (Lipinski definition) is 6. The van der Waals surface area contributed by atoms with Gasteiger partial charge in [-0.25, -0.2) is 4.79 Å². The molecule has 0 aliphatic carbocycles. The van der Waals surface area contributed by atoms with Gasteiger partial charge in [0.1, 0.15) is 13.1 Å². The molecule has 2 aromatic carbocycles. The Balaban J connectivity index is 1.81. The average molecular weight is 466 g/mol. The van der Waals surface area contributed by atoms with Crippen molar-refractivity contribution in [3.63, 3.8) is 0 Å². The molecule has 0 saturated heterocycles. The minimum Gasteiger partial charge on any atom is -0.480 e. The summed E-state index contributed by atoms with van der Waals surface area (Å²) < 4.78 is 0. The van der Waals surface area contributed by atoms with Crippen LogP contribution in [0.5, 0.6) is 0 Å². The van der Waals surface area contributed by atoms with Gasteiger partial charge in [-0.1, -0.05) is 61.9 Å². The maximum Gasteiger partial charge on any atom is 0.323 e. The Morgan fingerprint density at radius 3 is 2.29 bits per heavy atom. The highest BCUT2D eigenvalue weighted by molar-refractivity contribution is 5.86. The van der Waals surface area contributed by atoms with Crippen LogP contribution >= 0.6 is 0 Å². The Hall–Kier alpha value is -4.28. The lowest BCUT2D eigenvalue weighted by molar-refractivity contribution is -0.138. The molecule has 34 heavy (non-hydrogen) atoms. The van der Waals surface area contributed by atoms with Crippen LogP contribution in [0.2, 0.25) is 0 Å². The van der Waals surface area contributed by atoms with E-state index in [9.17, 15) is 14.4 Å². The van der Waals surface area contributed by atoms with Gasteiger partial charge in [-0.05, 0) is 28.3 Å². The van der Waals surface area contributed by atoms with Crippen LogP contribution in [-0.4, -0.2) is 73.1 Å². The van der Waals surface area contributed by atoms with E-state index in [0.29, 0.717) is 12.4 Å². The van der Waals surface area contributed by atoms with Crippen LogP contribution in [0.25, 0.3) is 22.5 Å². The average Bonchev–Trinajstić information content (AvgIpc) is 3.35. The molecule has 0 saturated carbocycles. The zero-order valence-electron chi connectivity index (χ0n) is 18.8. The highest BCUT2D eigenvalue weighted by Crippen LogP contribution is 2.29. The number of hydrogen-bond donors (Lipinski definition) is 3. The summed E-state index contributed by atoms with van der Waals surface area (Å²) in [5.74, 6) is -1.49. The number of unbranched alkanes of at least 4 members (excludes halogenated alkanes) is 1. The summed E-state index contributed by atoms with van der Waals surface area (Å²) >= 11 is 0. The molecule has 0 bridgehead atoms. The van der Waals surface area contributed by atoms with E-state index < -0.39 is 31.0 Å². The number of aromatic amines is 1. The summed E-state index contributed by atoms with van der Waals surface area (Å²) in [4.78, 5) is 38.1. The number of aliphatic carboxylic acids is 1. The number of urea groups is 1. The highest BCUT2D eigenvalue weighted by atomic mass is 16.4. The summed E-state index contributed by atoms with van der Waals surface area (Å²) in [6, 6.07) is 14.9. The second-order valence-corrected chi connectivity index (χ2v) is 7.75. The molecule has 178 valence electrons. The van der Waals surface area contributed by atoms with Crippen LogP contribution < -0.4 is 5.73 Å². The molecule has 0 aliphatic rings. The van der Waals surface area contributed by atoms with Crippen LogP contribution in [0.15, 0.2) is 48.5 Å². The topological polar surface area (TPSA) is 158 Å². The third kappa shape index (κ3) is 6.37. The maximum atomic E-state index is 13.0. The first kappa shape index (κ1) is 24.4. The van der Waals surface area contributed by atoms with Crippen molar-refractivity contribution in [2.75, 3.05) is 19.6 Å². The lowest BCUT2D eigenvalue weighted by atomic mass is 9.98. The Labute approximate surface area is 196 Å². The van der Waals surface area contributed by atoms with Gasteiger partial charge in [0.2, 0.25) is 11.7 Å². The van der Waals surface area contributed by atoms with Gasteiger partial charge in [0.05, 0.1) is 0 Å². The predicted molar refractivity (Wildman–Crippen MR) is 124 cm³/mol. The summed E-state index contributed by atoms with van der Waals surface area (Å²) in [6.07, 6.45) is 1.59. The van der Waals surface area contributed by atoms with Gasteiger partial charge in [0.25, 0.3) is 0 Å². The number of primary amides is 1. The first-order valence-electron chi connectivity index (χ1n) is 10.8. The molecule has 3 rings (SSSR count). The van der Waals surface area contributed by atoms with Crippen molar-refractivity contribution in [2.24, 2.45) is 5.73 Å². The fourth-order valence-corrected chi connectivity index (χ4v) is 3.55. The van der Waals surface area contributed by atoms with E-state index in [-0.39, 0.29) is 6.54 Å². The van der Waals surface area contributed by atoms with Crippen molar-refractivity contribution in [3.05, 3.63) is 54.1 Å². The zero-order valence-corrected chi connectivity index (χ0v) is 18.8. The smallest absolute Gasteiger partial charge is 0.323 e. The van der Waals surface area contributed by atoms with Gasteiger partial charge >= 0.3 is 12.0 Å². The molecule has 11 nitrogen and oxygen atoms in total. The summed E-state index contributed by atoms with van der Waals surface area (Å²) in [7, 11) is 0. The largest absolute Gasteiger partial charge is 0.480 e. The van der Waals surface area contributed by atoms with E-state index in [2.05, 4.69) is 20.6 Å². The number of H-pyrrole nitrogens is 1. The Morgan fingerprint density at radius 2 is 1.71 bits per heavy atom. The maximum absolute atomic E-state index is 13.0. The van der Waals surface area contributed by atoms with E-state index in [1.165, 1.54) is 4.90 Å². The van der Waals surface area contributed by atoms with Crippen LogP contribution in [0.4, 0.5) is 4.79 Å². The fraction of sp³-hybridized carbons (Fsp3) is 0.304. The monoisotopic (exact) mass is 465 g/mol. The molecule has 1 heterocycles. The normalized spacial score (nSPS) is 10.6. The minimum atomic E-state index is -1.21. The third-order valence-electron chi connectivity index (χ3n) is 5.15. The van der Waals surface area contributed by atoms with Gasteiger partial charge in [-0.15, -0.1) is 10.2 Å². The van der Waals surface area contributed by atoms with Crippen LogP contribution in [0.3, 0.4) is 0 Å². The predicted octanol–water partition coefficient (Wildman–Crippen LogP) is 2.13. The molecular formula is C23H27N7O4. The number of amides is 3. The van der Waals surface area contributed by atoms with Gasteiger partial charge in [0.15, 0.2) is 0 Å². The lowest BCUT2D eigenvalue weighted by Gasteiger charge is -2.29. The molecule has 0 spiro atoms. The number of carbonyl (C=O) groups is 3. The number of carboxylic acids is 1. The number of nitrogens with two attached hydrogens (primary N) is 1. The van der Waals surface area contributed by atoms with Crippen molar-refractivity contribution in [2.45, 2.75) is 26.3 Å². The van der Waals surface area contributed by atoms with E-state index in [4.69, 9.17) is 10.8 Å². The molecule has 0 aliphatic heterocycles. The van der Waals surface area contributed by atoms with Gasteiger partial charge < -0.3 is 20.6 Å². The minimum absolute atomic E-state index is 0.264. The molecule has 3 amide bonds. The highest BCUT2D eigenvalue weighted by Gasteiger charge is 2.24. The second kappa shape index (κ2) is 11.5. The number of carboxylic acid groups (broad SMARTS) is 1. The molecule has 0 unspecified atom stereocenters. The molecule has 1 aromatic heterocycles. The molecule has 11 heteroatoms.